The van der Waals surface area contributed by atoms with Gasteiger partial charge in [-0.05, 0) is 36.4 Å². The molecule has 0 saturated carbocycles. The van der Waals surface area contributed by atoms with Gasteiger partial charge in [-0.25, -0.2) is 10.2 Å². The minimum atomic E-state index is -0.329. The van der Waals surface area contributed by atoms with Crippen LogP contribution in [0.1, 0.15) is 0 Å². The number of rotatable bonds is 7. The Bertz CT molecular complexity index is 610. The molecule has 0 aliphatic rings. The molecule has 7 nitrogen and oxygen atoms in total. The first-order chi connectivity index (χ1) is 11.2. The molecular formula is C15H18N4O3S. The number of carbonyl (C=O) groups excluding carboxylic acids is 1. The van der Waals surface area contributed by atoms with E-state index in [1.165, 1.54) is 0 Å². The van der Waals surface area contributed by atoms with Gasteiger partial charge in [-0.3, -0.25) is 5.21 Å². The Labute approximate surface area is 138 Å². The van der Waals surface area contributed by atoms with Gasteiger partial charge in [0.2, 0.25) is 0 Å². The Kier molecular flexibility index (Phi) is 6.85. The van der Waals surface area contributed by atoms with Crippen molar-refractivity contribution in [3.8, 4) is 0 Å². The Hall–Kier alpha value is -2.10. The van der Waals surface area contributed by atoms with Crippen molar-refractivity contribution in [2.75, 3.05) is 23.8 Å². The normalized spacial score (nSPS) is 10.6. The molecular weight excluding hydrogens is 316 g/mol. The number of anilines is 2. The van der Waals surface area contributed by atoms with E-state index in [0.29, 0.717) is 11.4 Å². The number of amides is 2. The van der Waals surface area contributed by atoms with Crippen LogP contribution in [0.3, 0.4) is 0 Å². The fraction of sp³-hybridized carbons (Fsp3) is 0.133. The van der Waals surface area contributed by atoms with Crippen molar-refractivity contribution < 1.29 is 15.1 Å². The van der Waals surface area contributed by atoms with Gasteiger partial charge in [-0.15, -0.1) is 0 Å². The summed E-state index contributed by atoms with van der Waals surface area (Å²) >= 11 is 1.05. The molecule has 0 aliphatic heterocycles. The highest BCUT2D eigenvalue weighted by Gasteiger charge is 2.05. The predicted octanol–water partition coefficient (Wildman–Crippen LogP) is 2.53. The van der Waals surface area contributed by atoms with Crippen LogP contribution in [0.5, 0.6) is 0 Å². The fourth-order valence-electron chi connectivity index (χ4n) is 1.69. The molecule has 0 fully saturated rings. The van der Waals surface area contributed by atoms with Crippen LogP contribution in [0.4, 0.5) is 16.2 Å². The number of aliphatic hydroxyl groups excluding tert-OH is 1. The van der Waals surface area contributed by atoms with E-state index in [1.54, 1.807) is 36.4 Å². The van der Waals surface area contributed by atoms with Gasteiger partial charge in [0, 0.05) is 34.8 Å². The van der Waals surface area contributed by atoms with Crippen LogP contribution in [0.25, 0.3) is 0 Å². The first-order valence-corrected chi connectivity index (χ1v) is 7.69. The number of nitrogens with zero attached hydrogens (tertiary/aromatic N) is 1. The minimum Gasteiger partial charge on any atom is -0.395 e. The van der Waals surface area contributed by atoms with E-state index in [4.69, 9.17) is 5.11 Å². The standard InChI is InChI=1S/C15H18N4O3S/c20-11-10-16-19(22)23-14-8-6-13(7-9-14)18-15(21)17-12-4-2-1-3-5-12/h1-9,16,20,22H,10-11H2,(H2,17,18,21). The number of carbonyl (C=O) groups is 1. The molecule has 122 valence electrons. The summed E-state index contributed by atoms with van der Waals surface area (Å²) < 4.78 is 0.820. The molecule has 23 heavy (non-hydrogen) atoms. The van der Waals surface area contributed by atoms with Crippen molar-refractivity contribution in [3.05, 3.63) is 54.6 Å². The van der Waals surface area contributed by atoms with E-state index in [2.05, 4.69) is 16.1 Å². The molecule has 0 bridgehead atoms. The van der Waals surface area contributed by atoms with Crippen LogP contribution in [-0.2, 0) is 0 Å². The van der Waals surface area contributed by atoms with Gasteiger partial charge in [0.05, 0.1) is 6.61 Å². The van der Waals surface area contributed by atoms with Gasteiger partial charge in [-0.1, -0.05) is 22.8 Å². The number of nitrogens with one attached hydrogen (secondary N) is 3. The molecule has 2 aromatic carbocycles. The highest BCUT2D eigenvalue weighted by Crippen LogP contribution is 2.21. The number of aliphatic hydroxyl groups is 1. The molecule has 0 radical (unpaired) electrons. The number of hydrogen-bond donors (Lipinski definition) is 5. The summed E-state index contributed by atoms with van der Waals surface area (Å²) in [5, 5.41) is 23.6. The second kappa shape index (κ2) is 9.13. The van der Waals surface area contributed by atoms with E-state index in [9.17, 15) is 10.0 Å². The van der Waals surface area contributed by atoms with Crippen molar-refractivity contribution in [2.45, 2.75) is 4.90 Å². The molecule has 0 heterocycles. The Morgan fingerprint density at radius 2 is 1.61 bits per heavy atom. The SMILES string of the molecule is O=C(Nc1ccccc1)Nc1ccc(SN(O)NCCO)cc1. The van der Waals surface area contributed by atoms with Crippen LogP contribution in [0, 0.1) is 0 Å². The zero-order valence-electron chi connectivity index (χ0n) is 12.3. The van der Waals surface area contributed by atoms with Gasteiger partial charge in [0.25, 0.3) is 0 Å². The zero-order valence-corrected chi connectivity index (χ0v) is 13.1. The summed E-state index contributed by atoms with van der Waals surface area (Å²) in [7, 11) is 0. The number of urea groups is 1. The van der Waals surface area contributed by atoms with Crippen LogP contribution in [0.15, 0.2) is 59.5 Å². The fourth-order valence-corrected chi connectivity index (χ4v) is 2.31. The van der Waals surface area contributed by atoms with Crippen molar-refractivity contribution in [2.24, 2.45) is 0 Å². The molecule has 2 amide bonds. The number of hydrogen-bond acceptors (Lipinski definition) is 6. The number of hydrazine groups is 1. The zero-order chi connectivity index (χ0) is 16.5. The average molecular weight is 334 g/mol. The summed E-state index contributed by atoms with van der Waals surface area (Å²) in [4.78, 5) is 12.6. The Morgan fingerprint density at radius 1 is 1.00 bits per heavy atom. The molecule has 2 aromatic rings. The maximum absolute atomic E-state index is 11.9. The van der Waals surface area contributed by atoms with Crippen LogP contribution < -0.4 is 16.1 Å². The lowest BCUT2D eigenvalue weighted by Gasteiger charge is -2.14. The third-order valence-corrected chi connectivity index (χ3v) is 3.48. The molecule has 5 N–H and O–H groups in total. The van der Waals surface area contributed by atoms with Crippen LogP contribution in [-0.4, -0.2) is 34.1 Å². The maximum atomic E-state index is 11.9. The second-order valence-electron chi connectivity index (χ2n) is 4.47. The second-order valence-corrected chi connectivity index (χ2v) is 5.47. The quantitative estimate of drug-likeness (QED) is 0.394. The summed E-state index contributed by atoms with van der Waals surface area (Å²) in [5.74, 6) is 0. The van der Waals surface area contributed by atoms with Crippen molar-refractivity contribution in [1.82, 2.24) is 10.0 Å². The molecule has 0 spiro atoms. The summed E-state index contributed by atoms with van der Waals surface area (Å²) in [6, 6.07) is 15.8. The summed E-state index contributed by atoms with van der Waals surface area (Å²) in [5.41, 5.74) is 3.92. The smallest absolute Gasteiger partial charge is 0.323 e. The predicted molar refractivity (Wildman–Crippen MR) is 90.1 cm³/mol. The van der Waals surface area contributed by atoms with E-state index in [1.807, 2.05) is 18.2 Å². The Morgan fingerprint density at radius 3 is 2.22 bits per heavy atom. The number of benzene rings is 2. The summed E-state index contributed by atoms with van der Waals surface area (Å²) in [6.45, 7) is 0.180. The van der Waals surface area contributed by atoms with Crippen molar-refractivity contribution in [1.29, 1.82) is 0 Å². The molecule has 0 aromatic heterocycles. The van der Waals surface area contributed by atoms with Gasteiger partial charge >= 0.3 is 6.03 Å². The van der Waals surface area contributed by atoms with E-state index < -0.39 is 0 Å². The lowest BCUT2D eigenvalue weighted by atomic mass is 10.3. The highest BCUT2D eigenvalue weighted by atomic mass is 32.2. The van der Waals surface area contributed by atoms with E-state index in [0.717, 1.165) is 21.4 Å². The van der Waals surface area contributed by atoms with E-state index >= 15 is 0 Å². The highest BCUT2D eigenvalue weighted by molar-refractivity contribution is 7.96. The van der Waals surface area contributed by atoms with Gasteiger partial charge in [-0.2, -0.15) is 0 Å². The van der Waals surface area contributed by atoms with Gasteiger partial charge in [0.15, 0.2) is 0 Å². The molecule has 0 saturated heterocycles. The minimum absolute atomic E-state index is 0.0724. The topological polar surface area (TPSA) is 96.9 Å². The molecule has 2 rings (SSSR count). The molecule has 0 aliphatic carbocycles. The molecule has 8 heteroatoms. The van der Waals surface area contributed by atoms with Crippen molar-refractivity contribution >= 4 is 29.4 Å². The summed E-state index contributed by atoms with van der Waals surface area (Å²) in [6.07, 6.45) is 0. The number of para-hydroxylation sites is 1. The van der Waals surface area contributed by atoms with E-state index in [-0.39, 0.29) is 19.2 Å². The average Bonchev–Trinajstić information content (AvgIpc) is 2.55. The monoisotopic (exact) mass is 334 g/mol. The van der Waals surface area contributed by atoms with Crippen LogP contribution in [0.2, 0.25) is 0 Å². The largest absolute Gasteiger partial charge is 0.395 e. The lowest BCUT2D eigenvalue weighted by Crippen LogP contribution is -2.31. The Balaban J connectivity index is 1.83. The first-order valence-electron chi connectivity index (χ1n) is 6.92. The van der Waals surface area contributed by atoms with Gasteiger partial charge in [0.1, 0.15) is 0 Å². The van der Waals surface area contributed by atoms with Crippen LogP contribution >= 0.6 is 11.9 Å². The molecule has 0 unspecified atom stereocenters. The molecule has 0 atom stereocenters. The van der Waals surface area contributed by atoms with Gasteiger partial charge < -0.3 is 15.7 Å². The van der Waals surface area contributed by atoms with Crippen molar-refractivity contribution in [3.63, 3.8) is 0 Å². The third kappa shape index (κ3) is 6.27. The maximum Gasteiger partial charge on any atom is 0.323 e. The first kappa shape index (κ1) is 17.3. The third-order valence-electron chi connectivity index (χ3n) is 2.69. The lowest BCUT2D eigenvalue weighted by molar-refractivity contribution is -0.0350.